The van der Waals surface area contributed by atoms with Gasteiger partial charge in [0.05, 0.1) is 22.7 Å². The first-order chi connectivity index (χ1) is 12.6. The zero-order valence-electron chi connectivity index (χ0n) is 16.2. The standard InChI is InChI=1S/C22H28N4/c1-23-17-11-5-6-12-18(17)24(2)21(23)15-9-10-16-22(21)25(3)19-13-7-8-14-20(19)26(22)4/h5-8,11-14H,9-10,15-16H2,1-4H3. The molecule has 5 rings (SSSR count). The van der Waals surface area contributed by atoms with E-state index in [4.69, 9.17) is 0 Å². The van der Waals surface area contributed by atoms with Gasteiger partial charge in [-0.2, -0.15) is 0 Å². The maximum Gasteiger partial charge on any atom is 0.155 e. The van der Waals surface area contributed by atoms with E-state index >= 15 is 0 Å². The van der Waals surface area contributed by atoms with Crippen molar-refractivity contribution < 1.29 is 0 Å². The number of fused-ring (bicyclic) bond motifs is 3. The van der Waals surface area contributed by atoms with Crippen molar-refractivity contribution in [3.8, 4) is 0 Å². The van der Waals surface area contributed by atoms with Crippen LogP contribution in [0.15, 0.2) is 48.5 Å². The summed E-state index contributed by atoms with van der Waals surface area (Å²) >= 11 is 0. The molecular formula is C22H28N4. The van der Waals surface area contributed by atoms with E-state index in [0.29, 0.717) is 0 Å². The summed E-state index contributed by atoms with van der Waals surface area (Å²) in [4.78, 5) is 10.2. The van der Waals surface area contributed by atoms with Gasteiger partial charge in [-0.15, -0.1) is 0 Å². The van der Waals surface area contributed by atoms with Gasteiger partial charge in [-0.1, -0.05) is 24.3 Å². The Balaban J connectivity index is 1.75. The van der Waals surface area contributed by atoms with Crippen molar-refractivity contribution >= 4 is 22.7 Å². The summed E-state index contributed by atoms with van der Waals surface area (Å²) in [6, 6.07) is 17.7. The summed E-state index contributed by atoms with van der Waals surface area (Å²) < 4.78 is 0. The Kier molecular flexibility index (Phi) is 3.10. The summed E-state index contributed by atoms with van der Waals surface area (Å²) in [7, 11) is 9.17. The Labute approximate surface area is 156 Å². The lowest BCUT2D eigenvalue weighted by atomic mass is 9.75. The number of para-hydroxylation sites is 4. The highest BCUT2D eigenvalue weighted by Gasteiger charge is 2.67. The van der Waals surface area contributed by atoms with E-state index in [0.717, 1.165) is 12.8 Å². The van der Waals surface area contributed by atoms with E-state index in [9.17, 15) is 0 Å². The average Bonchev–Trinajstić information content (AvgIpc) is 3.03. The van der Waals surface area contributed by atoms with Crippen molar-refractivity contribution in [3.05, 3.63) is 48.5 Å². The molecule has 0 aromatic heterocycles. The third-order valence-electron chi connectivity index (χ3n) is 7.37. The van der Waals surface area contributed by atoms with Crippen molar-refractivity contribution in [2.75, 3.05) is 47.8 Å². The van der Waals surface area contributed by atoms with Crippen molar-refractivity contribution in [2.24, 2.45) is 0 Å². The van der Waals surface area contributed by atoms with Crippen LogP contribution in [-0.2, 0) is 0 Å². The van der Waals surface area contributed by atoms with Crippen LogP contribution >= 0.6 is 0 Å². The fraction of sp³-hybridized carbons (Fsp3) is 0.455. The van der Waals surface area contributed by atoms with Gasteiger partial charge >= 0.3 is 0 Å². The molecule has 4 nitrogen and oxygen atoms in total. The first-order valence-electron chi connectivity index (χ1n) is 9.69. The van der Waals surface area contributed by atoms with Gasteiger partial charge in [-0.25, -0.2) is 0 Å². The van der Waals surface area contributed by atoms with E-state index in [1.54, 1.807) is 0 Å². The SMILES string of the molecule is CN1c2ccccc2N(C)C12CCCCC21N(C)c2ccccc2N1C. The fourth-order valence-electron chi connectivity index (χ4n) is 6.20. The van der Waals surface area contributed by atoms with Gasteiger partial charge in [0, 0.05) is 28.2 Å². The molecule has 2 aromatic rings. The third kappa shape index (κ3) is 1.53. The van der Waals surface area contributed by atoms with Crippen LogP contribution in [0.1, 0.15) is 25.7 Å². The summed E-state index contributed by atoms with van der Waals surface area (Å²) in [6.45, 7) is 0. The first-order valence-corrected chi connectivity index (χ1v) is 9.69. The third-order valence-corrected chi connectivity index (χ3v) is 7.37. The topological polar surface area (TPSA) is 13.0 Å². The normalized spacial score (nSPS) is 22.3. The molecule has 3 aliphatic rings. The van der Waals surface area contributed by atoms with E-state index in [1.165, 1.54) is 35.6 Å². The van der Waals surface area contributed by atoms with Crippen molar-refractivity contribution in [2.45, 2.75) is 37.0 Å². The van der Waals surface area contributed by atoms with Crippen LogP contribution < -0.4 is 19.6 Å². The number of hydrogen-bond donors (Lipinski definition) is 0. The molecule has 0 amide bonds. The molecule has 1 fully saturated rings. The maximum atomic E-state index is 2.56. The second kappa shape index (κ2) is 5.09. The van der Waals surface area contributed by atoms with Crippen molar-refractivity contribution in [1.29, 1.82) is 0 Å². The minimum atomic E-state index is -0.0859. The molecule has 26 heavy (non-hydrogen) atoms. The van der Waals surface area contributed by atoms with Gasteiger partial charge in [-0.05, 0) is 49.9 Å². The molecule has 0 N–H and O–H groups in total. The molecule has 2 aromatic carbocycles. The lowest BCUT2D eigenvalue weighted by molar-refractivity contribution is 0.148. The molecule has 136 valence electrons. The van der Waals surface area contributed by atoms with Crippen LogP contribution in [0.4, 0.5) is 22.7 Å². The molecular weight excluding hydrogens is 320 g/mol. The highest BCUT2D eigenvalue weighted by atomic mass is 15.6. The molecule has 0 saturated heterocycles. The average molecular weight is 348 g/mol. The molecule has 0 radical (unpaired) electrons. The molecule has 0 unspecified atom stereocenters. The molecule has 2 aliphatic heterocycles. The smallest absolute Gasteiger partial charge is 0.155 e. The molecule has 0 atom stereocenters. The van der Waals surface area contributed by atoms with Crippen LogP contribution in [0.3, 0.4) is 0 Å². The lowest BCUT2D eigenvalue weighted by Crippen LogP contribution is -2.79. The van der Waals surface area contributed by atoms with Crippen molar-refractivity contribution in [3.63, 3.8) is 0 Å². The fourth-order valence-corrected chi connectivity index (χ4v) is 6.20. The predicted molar refractivity (Wildman–Crippen MR) is 110 cm³/mol. The minimum Gasteiger partial charge on any atom is -0.347 e. The van der Waals surface area contributed by atoms with Gasteiger partial charge in [0.15, 0.2) is 11.3 Å². The number of anilines is 4. The van der Waals surface area contributed by atoms with Gasteiger partial charge in [0.1, 0.15) is 0 Å². The zero-order valence-corrected chi connectivity index (χ0v) is 16.2. The maximum absolute atomic E-state index is 2.56. The van der Waals surface area contributed by atoms with Gasteiger partial charge in [-0.3, -0.25) is 0 Å². The van der Waals surface area contributed by atoms with Gasteiger partial charge < -0.3 is 19.6 Å². The first kappa shape index (κ1) is 15.9. The predicted octanol–water partition coefficient (Wildman–Crippen LogP) is 4.13. The number of rotatable bonds is 0. The largest absolute Gasteiger partial charge is 0.347 e. The Bertz CT molecular complexity index is 731. The Morgan fingerprint density at radius 1 is 0.538 bits per heavy atom. The Morgan fingerprint density at radius 3 is 1.08 bits per heavy atom. The molecule has 1 saturated carbocycles. The molecule has 2 heterocycles. The van der Waals surface area contributed by atoms with Crippen LogP contribution in [0.2, 0.25) is 0 Å². The van der Waals surface area contributed by atoms with E-state index < -0.39 is 0 Å². The summed E-state index contributed by atoms with van der Waals surface area (Å²) in [6.07, 6.45) is 4.86. The van der Waals surface area contributed by atoms with Crippen LogP contribution in [0.25, 0.3) is 0 Å². The highest BCUT2D eigenvalue weighted by molar-refractivity contribution is 5.86. The van der Waals surface area contributed by atoms with E-state index in [-0.39, 0.29) is 11.3 Å². The molecule has 4 heteroatoms. The molecule has 2 spiro atoms. The van der Waals surface area contributed by atoms with Crippen LogP contribution in [-0.4, -0.2) is 39.5 Å². The lowest BCUT2D eigenvalue weighted by Gasteiger charge is -2.62. The highest BCUT2D eigenvalue weighted by Crippen LogP contribution is 2.60. The molecule has 1 aliphatic carbocycles. The summed E-state index contributed by atoms with van der Waals surface area (Å²) in [5.74, 6) is 0. The van der Waals surface area contributed by atoms with Crippen molar-refractivity contribution in [1.82, 2.24) is 0 Å². The zero-order chi connectivity index (χ0) is 18.1. The minimum absolute atomic E-state index is 0.0859. The van der Waals surface area contributed by atoms with Gasteiger partial charge in [0.25, 0.3) is 0 Å². The number of benzene rings is 2. The monoisotopic (exact) mass is 348 g/mol. The second-order valence-corrected chi connectivity index (χ2v) is 8.05. The Morgan fingerprint density at radius 2 is 0.808 bits per heavy atom. The number of nitrogens with zero attached hydrogens (tertiary/aromatic N) is 4. The van der Waals surface area contributed by atoms with Gasteiger partial charge in [0.2, 0.25) is 0 Å². The quantitative estimate of drug-likeness (QED) is 0.710. The Hall–Kier alpha value is -2.36. The number of hydrogen-bond acceptors (Lipinski definition) is 4. The van der Waals surface area contributed by atoms with E-state index in [1.807, 2.05) is 0 Å². The van der Waals surface area contributed by atoms with Crippen LogP contribution in [0, 0.1) is 0 Å². The second-order valence-electron chi connectivity index (χ2n) is 8.05. The van der Waals surface area contributed by atoms with Crippen LogP contribution in [0.5, 0.6) is 0 Å². The molecule has 0 bridgehead atoms. The van der Waals surface area contributed by atoms with E-state index in [2.05, 4.69) is 96.3 Å². The summed E-state index contributed by atoms with van der Waals surface area (Å²) in [5.41, 5.74) is 5.20. The summed E-state index contributed by atoms with van der Waals surface area (Å²) in [5, 5.41) is 0. The number of likely N-dealkylation sites (N-methyl/N-ethyl adjacent to an activating group) is 4.